The number of hydrogen-bond acceptors (Lipinski definition) is 3. The van der Waals surface area contributed by atoms with Gasteiger partial charge in [-0.2, -0.15) is 0 Å². The summed E-state index contributed by atoms with van der Waals surface area (Å²) in [4.78, 5) is 17.5. The van der Waals surface area contributed by atoms with Gasteiger partial charge >= 0.3 is 0 Å². The Morgan fingerprint density at radius 1 is 1.00 bits per heavy atom. The zero-order chi connectivity index (χ0) is 22.5. The fraction of sp³-hybridized carbons (Fsp3) is 0.259. The Hall–Kier alpha value is -3.60. The lowest BCUT2D eigenvalue weighted by Crippen LogP contribution is -2.27. The minimum Gasteiger partial charge on any atom is -0.496 e. The zero-order valence-electron chi connectivity index (χ0n) is 18.8. The minimum absolute atomic E-state index is 0.144. The van der Waals surface area contributed by atoms with E-state index in [9.17, 15) is 4.79 Å². The number of nitrogens with one attached hydrogen (secondary N) is 1. The first kappa shape index (κ1) is 21.6. The van der Waals surface area contributed by atoms with Gasteiger partial charge in [0.1, 0.15) is 11.6 Å². The van der Waals surface area contributed by atoms with Gasteiger partial charge in [0, 0.05) is 19.5 Å². The Labute approximate surface area is 189 Å². The van der Waals surface area contributed by atoms with Gasteiger partial charge in [-0.1, -0.05) is 62.4 Å². The van der Waals surface area contributed by atoms with Gasteiger partial charge in [-0.05, 0) is 41.3 Å². The molecule has 0 fully saturated rings. The Morgan fingerprint density at radius 2 is 1.72 bits per heavy atom. The molecule has 1 heterocycles. The Morgan fingerprint density at radius 3 is 2.47 bits per heavy atom. The first-order chi connectivity index (χ1) is 15.6. The molecule has 5 nitrogen and oxygen atoms in total. The predicted molar refractivity (Wildman–Crippen MR) is 128 cm³/mol. The number of aromatic nitrogens is 2. The molecular formula is C27H29N3O2. The molecule has 0 aliphatic heterocycles. The van der Waals surface area contributed by atoms with Crippen LogP contribution in [0.15, 0.2) is 72.8 Å². The van der Waals surface area contributed by atoms with Crippen molar-refractivity contribution >= 4 is 16.9 Å². The predicted octanol–water partition coefficient (Wildman–Crippen LogP) is 5.19. The van der Waals surface area contributed by atoms with Crippen molar-refractivity contribution in [2.45, 2.75) is 32.7 Å². The number of ether oxygens (including phenoxy) is 1. The fourth-order valence-corrected chi connectivity index (χ4v) is 3.90. The van der Waals surface area contributed by atoms with E-state index in [1.807, 2.05) is 30.3 Å². The standard InChI is InChI=1S/C27H29N3O2/c1-19(2)21-14-12-20(13-15-21)18-30-24-10-6-5-9-23(24)29-26(30)16-17-28-27(31)22-8-4-7-11-25(22)32-3/h4-15,19H,16-18H2,1-3H3,(H,28,31). The molecule has 4 rings (SSSR count). The number of para-hydroxylation sites is 3. The largest absolute Gasteiger partial charge is 0.496 e. The summed E-state index contributed by atoms with van der Waals surface area (Å²) >= 11 is 0. The average molecular weight is 428 g/mol. The van der Waals surface area contributed by atoms with Gasteiger partial charge in [0.25, 0.3) is 5.91 Å². The lowest BCUT2D eigenvalue weighted by Gasteiger charge is -2.12. The van der Waals surface area contributed by atoms with Crippen molar-refractivity contribution in [3.63, 3.8) is 0 Å². The molecule has 32 heavy (non-hydrogen) atoms. The van der Waals surface area contributed by atoms with E-state index in [2.05, 4.69) is 54.1 Å². The van der Waals surface area contributed by atoms with Crippen LogP contribution in [0.3, 0.4) is 0 Å². The second-order valence-corrected chi connectivity index (χ2v) is 8.21. The number of fused-ring (bicyclic) bond motifs is 1. The van der Waals surface area contributed by atoms with Gasteiger partial charge in [0.15, 0.2) is 0 Å². The van der Waals surface area contributed by atoms with Crippen LogP contribution in [0.1, 0.15) is 47.1 Å². The number of amides is 1. The molecule has 1 amide bonds. The summed E-state index contributed by atoms with van der Waals surface area (Å²) in [5.41, 5.74) is 5.18. The minimum atomic E-state index is -0.144. The number of benzene rings is 3. The summed E-state index contributed by atoms with van der Waals surface area (Å²) in [5.74, 6) is 1.90. The van der Waals surface area contributed by atoms with Gasteiger partial charge in [0.05, 0.1) is 23.7 Å². The number of carbonyl (C=O) groups excluding carboxylic acids is 1. The van der Waals surface area contributed by atoms with Crippen LogP contribution in [0.2, 0.25) is 0 Å². The molecule has 1 aromatic heterocycles. The molecule has 4 aromatic rings. The molecule has 0 atom stereocenters. The third kappa shape index (κ3) is 4.67. The van der Waals surface area contributed by atoms with Crippen LogP contribution in [-0.4, -0.2) is 29.1 Å². The Kier molecular flexibility index (Phi) is 6.55. The number of imidazole rings is 1. The quantitative estimate of drug-likeness (QED) is 0.421. The Balaban J connectivity index is 1.52. The highest BCUT2D eigenvalue weighted by molar-refractivity contribution is 5.96. The molecule has 164 valence electrons. The van der Waals surface area contributed by atoms with E-state index in [4.69, 9.17) is 9.72 Å². The lowest BCUT2D eigenvalue weighted by atomic mass is 10.0. The third-order valence-electron chi connectivity index (χ3n) is 5.71. The summed E-state index contributed by atoms with van der Waals surface area (Å²) in [5, 5.41) is 3.01. The molecule has 0 bridgehead atoms. The SMILES string of the molecule is COc1ccccc1C(=O)NCCc1nc2ccccc2n1Cc1ccc(C(C)C)cc1. The molecule has 0 saturated carbocycles. The molecular weight excluding hydrogens is 398 g/mol. The zero-order valence-corrected chi connectivity index (χ0v) is 18.8. The van der Waals surface area contributed by atoms with E-state index in [-0.39, 0.29) is 5.91 Å². The summed E-state index contributed by atoms with van der Waals surface area (Å²) < 4.78 is 7.55. The molecule has 0 radical (unpaired) electrons. The number of methoxy groups -OCH3 is 1. The van der Waals surface area contributed by atoms with Gasteiger partial charge in [-0.25, -0.2) is 4.98 Å². The highest BCUT2D eigenvalue weighted by atomic mass is 16.5. The number of rotatable bonds is 8. The molecule has 3 aromatic carbocycles. The van der Waals surface area contributed by atoms with Crippen LogP contribution in [0.25, 0.3) is 11.0 Å². The Bertz CT molecular complexity index is 1210. The van der Waals surface area contributed by atoms with Crippen molar-refractivity contribution in [2.75, 3.05) is 13.7 Å². The summed E-state index contributed by atoms with van der Waals surface area (Å²) in [6.45, 7) is 5.65. The van der Waals surface area contributed by atoms with Crippen LogP contribution in [0.5, 0.6) is 5.75 Å². The second-order valence-electron chi connectivity index (χ2n) is 8.21. The van der Waals surface area contributed by atoms with E-state index in [1.165, 1.54) is 11.1 Å². The fourth-order valence-electron chi connectivity index (χ4n) is 3.90. The normalized spacial score (nSPS) is 11.1. The maximum atomic E-state index is 12.6. The average Bonchev–Trinajstić information content (AvgIpc) is 3.16. The summed E-state index contributed by atoms with van der Waals surface area (Å²) in [6.07, 6.45) is 0.639. The van der Waals surface area contributed by atoms with Crippen LogP contribution in [0.4, 0.5) is 0 Å². The highest BCUT2D eigenvalue weighted by Gasteiger charge is 2.14. The third-order valence-corrected chi connectivity index (χ3v) is 5.71. The van der Waals surface area contributed by atoms with Gasteiger partial charge < -0.3 is 14.6 Å². The highest BCUT2D eigenvalue weighted by Crippen LogP contribution is 2.21. The molecule has 0 aliphatic carbocycles. The second kappa shape index (κ2) is 9.69. The van der Waals surface area contributed by atoms with E-state index in [1.54, 1.807) is 19.2 Å². The summed E-state index contributed by atoms with van der Waals surface area (Å²) in [6, 6.07) is 24.2. The van der Waals surface area contributed by atoms with Crippen molar-refractivity contribution in [2.24, 2.45) is 0 Å². The number of carbonyl (C=O) groups is 1. The van der Waals surface area contributed by atoms with Gasteiger partial charge in [0.2, 0.25) is 0 Å². The van der Waals surface area contributed by atoms with Crippen molar-refractivity contribution < 1.29 is 9.53 Å². The van der Waals surface area contributed by atoms with E-state index in [0.717, 1.165) is 23.4 Å². The van der Waals surface area contributed by atoms with Crippen LogP contribution >= 0.6 is 0 Å². The van der Waals surface area contributed by atoms with E-state index >= 15 is 0 Å². The van der Waals surface area contributed by atoms with E-state index in [0.29, 0.717) is 30.2 Å². The maximum absolute atomic E-state index is 12.6. The maximum Gasteiger partial charge on any atom is 0.255 e. The smallest absolute Gasteiger partial charge is 0.255 e. The molecule has 5 heteroatoms. The van der Waals surface area contributed by atoms with Crippen molar-refractivity contribution in [3.8, 4) is 5.75 Å². The molecule has 0 aliphatic rings. The summed E-state index contributed by atoms with van der Waals surface area (Å²) in [7, 11) is 1.57. The molecule has 0 unspecified atom stereocenters. The number of hydrogen-bond donors (Lipinski definition) is 1. The van der Waals surface area contributed by atoms with Gasteiger partial charge in [-0.15, -0.1) is 0 Å². The monoisotopic (exact) mass is 427 g/mol. The van der Waals surface area contributed by atoms with Crippen LogP contribution in [0, 0.1) is 0 Å². The topological polar surface area (TPSA) is 56.1 Å². The number of nitrogens with zero attached hydrogens (tertiary/aromatic N) is 2. The first-order valence-corrected chi connectivity index (χ1v) is 11.0. The van der Waals surface area contributed by atoms with Gasteiger partial charge in [-0.3, -0.25) is 4.79 Å². The van der Waals surface area contributed by atoms with Crippen molar-refractivity contribution in [3.05, 3.63) is 95.3 Å². The van der Waals surface area contributed by atoms with Crippen molar-refractivity contribution in [1.82, 2.24) is 14.9 Å². The molecule has 0 spiro atoms. The van der Waals surface area contributed by atoms with E-state index < -0.39 is 0 Å². The van der Waals surface area contributed by atoms with Crippen LogP contribution in [-0.2, 0) is 13.0 Å². The molecule has 0 saturated heterocycles. The van der Waals surface area contributed by atoms with Crippen molar-refractivity contribution in [1.29, 1.82) is 0 Å². The molecule has 1 N–H and O–H groups in total. The first-order valence-electron chi connectivity index (χ1n) is 11.0. The lowest BCUT2D eigenvalue weighted by molar-refractivity contribution is 0.0951. The van der Waals surface area contributed by atoms with Crippen LogP contribution < -0.4 is 10.1 Å².